The number of benzene rings is 2. The van der Waals surface area contributed by atoms with Crippen LogP contribution in [0.5, 0.6) is 5.75 Å². The third kappa shape index (κ3) is 5.17. The van der Waals surface area contributed by atoms with Crippen molar-refractivity contribution in [2.24, 2.45) is 10.9 Å². The third-order valence-electron chi connectivity index (χ3n) is 6.44. The van der Waals surface area contributed by atoms with Crippen LogP contribution in [0.2, 0.25) is 0 Å². The molecule has 1 unspecified atom stereocenters. The summed E-state index contributed by atoms with van der Waals surface area (Å²) in [7, 11) is -3.80. The van der Waals surface area contributed by atoms with Gasteiger partial charge in [-0.3, -0.25) is 0 Å². The van der Waals surface area contributed by atoms with E-state index < -0.39 is 10.0 Å². The fourth-order valence-electron chi connectivity index (χ4n) is 4.65. The highest BCUT2D eigenvalue weighted by Gasteiger charge is 2.27. The van der Waals surface area contributed by atoms with Gasteiger partial charge in [0.2, 0.25) is 12.1 Å². The normalized spacial score (nSPS) is 16.5. The molecule has 188 valence electrons. The van der Waals surface area contributed by atoms with Crippen molar-refractivity contribution in [2.75, 3.05) is 18.0 Å². The van der Waals surface area contributed by atoms with Crippen LogP contribution in [0, 0.1) is 24.3 Å². The Hall–Kier alpha value is -4.23. The van der Waals surface area contributed by atoms with E-state index in [2.05, 4.69) is 19.9 Å². The van der Waals surface area contributed by atoms with Crippen LogP contribution in [-0.2, 0) is 10.0 Å². The standard InChI is InChI=1S/C27H26N6O3S/c1-20-9-11-23(12-10-20)37(34,35)33-15-13-24-26(30-19-31-27(24)33)32-14-5-6-21(17-32)16-25(29-18-28)36-22-7-3-2-4-8-22/h2-4,7-13,15,19,21H,5-6,14,16-17H2,1H3. The van der Waals surface area contributed by atoms with E-state index in [1.165, 1.54) is 16.5 Å². The molecule has 9 nitrogen and oxygen atoms in total. The fourth-order valence-corrected chi connectivity index (χ4v) is 5.95. The Labute approximate surface area is 215 Å². The smallest absolute Gasteiger partial charge is 0.269 e. The first-order valence-electron chi connectivity index (χ1n) is 12.0. The van der Waals surface area contributed by atoms with Gasteiger partial charge in [-0.15, -0.1) is 4.99 Å². The SMILES string of the molecule is Cc1ccc(S(=O)(=O)n2ccc3c(N4CCCC(CC(=NC#N)Oc5ccccc5)C4)ncnc32)cc1. The number of piperidine rings is 1. The lowest BCUT2D eigenvalue weighted by molar-refractivity contribution is 0.402. The van der Waals surface area contributed by atoms with Crippen LogP contribution in [0.3, 0.4) is 0 Å². The lowest BCUT2D eigenvalue weighted by atomic mass is 9.94. The number of nitrogens with zero attached hydrogens (tertiary/aromatic N) is 6. The molecule has 37 heavy (non-hydrogen) atoms. The highest BCUT2D eigenvalue weighted by Crippen LogP contribution is 2.31. The maximum atomic E-state index is 13.3. The second-order valence-electron chi connectivity index (χ2n) is 9.04. The monoisotopic (exact) mass is 514 g/mol. The average molecular weight is 515 g/mol. The molecular formula is C27H26N6O3S. The second-order valence-corrected chi connectivity index (χ2v) is 10.9. The Balaban J connectivity index is 1.39. The number of fused-ring (bicyclic) bond motifs is 1. The topological polar surface area (TPSA) is 113 Å². The summed E-state index contributed by atoms with van der Waals surface area (Å²) in [5.41, 5.74) is 1.32. The van der Waals surface area contributed by atoms with E-state index in [4.69, 9.17) is 10.00 Å². The first-order valence-corrected chi connectivity index (χ1v) is 13.5. The lowest BCUT2D eigenvalue weighted by Crippen LogP contribution is -2.37. The van der Waals surface area contributed by atoms with Crippen molar-refractivity contribution < 1.29 is 13.2 Å². The summed E-state index contributed by atoms with van der Waals surface area (Å²) >= 11 is 0. The summed E-state index contributed by atoms with van der Waals surface area (Å²) in [6, 6.07) is 17.8. The van der Waals surface area contributed by atoms with Gasteiger partial charge in [0, 0.05) is 25.7 Å². The second kappa shape index (κ2) is 10.4. The summed E-state index contributed by atoms with van der Waals surface area (Å²) in [6.45, 7) is 3.36. The van der Waals surface area contributed by atoms with Gasteiger partial charge < -0.3 is 9.64 Å². The predicted molar refractivity (Wildman–Crippen MR) is 141 cm³/mol. The van der Waals surface area contributed by atoms with Crippen molar-refractivity contribution >= 4 is 32.8 Å². The number of rotatable bonds is 6. The molecule has 1 atom stereocenters. The molecule has 1 aliphatic heterocycles. The van der Waals surface area contributed by atoms with Crippen LogP contribution in [-0.4, -0.2) is 41.3 Å². The van der Waals surface area contributed by atoms with E-state index >= 15 is 0 Å². The number of para-hydroxylation sites is 1. The average Bonchev–Trinajstić information content (AvgIpc) is 3.35. The zero-order valence-electron chi connectivity index (χ0n) is 20.4. The van der Waals surface area contributed by atoms with E-state index in [1.807, 2.05) is 43.4 Å². The molecule has 0 amide bonds. The summed E-state index contributed by atoms with van der Waals surface area (Å²) in [5, 5.41) is 9.83. The summed E-state index contributed by atoms with van der Waals surface area (Å²) in [5.74, 6) is 1.89. The summed E-state index contributed by atoms with van der Waals surface area (Å²) in [6.07, 6.45) is 7.17. The maximum Gasteiger partial charge on any atom is 0.269 e. The predicted octanol–water partition coefficient (Wildman–Crippen LogP) is 4.54. The van der Waals surface area contributed by atoms with Crippen LogP contribution in [0.4, 0.5) is 5.82 Å². The van der Waals surface area contributed by atoms with Crippen molar-refractivity contribution in [3.63, 3.8) is 0 Å². The molecule has 1 aliphatic rings. The minimum atomic E-state index is -3.80. The number of ether oxygens (including phenoxy) is 1. The molecule has 1 fully saturated rings. The van der Waals surface area contributed by atoms with Crippen LogP contribution >= 0.6 is 0 Å². The highest BCUT2D eigenvalue weighted by atomic mass is 32.2. The molecule has 0 aliphatic carbocycles. The van der Waals surface area contributed by atoms with Gasteiger partial charge in [-0.1, -0.05) is 35.9 Å². The zero-order valence-corrected chi connectivity index (χ0v) is 21.2. The Morgan fingerprint density at radius 3 is 2.68 bits per heavy atom. The number of hydrogen-bond donors (Lipinski definition) is 0. The van der Waals surface area contributed by atoms with Gasteiger partial charge in [-0.05, 0) is 56.0 Å². The van der Waals surface area contributed by atoms with Crippen LogP contribution in [0.15, 0.2) is 83.1 Å². The van der Waals surface area contributed by atoms with Crippen molar-refractivity contribution in [2.45, 2.75) is 31.1 Å². The van der Waals surface area contributed by atoms with Gasteiger partial charge in [-0.2, -0.15) is 5.26 Å². The number of hydrogen-bond acceptors (Lipinski definition) is 8. The zero-order chi connectivity index (χ0) is 25.8. The minimum Gasteiger partial charge on any atom is -0.442 e. The largest absolute Gasteiger partial charge is 0.442 e. The molecule has 0 bridgehead atoms. The summed E-state index contributed by atoms with van der Waals surface area (Å²) < 4.78 is 33.7. The first kappa shape index (κ1) is 24.5. The quantitative estimate of drug-likeness (QED) is 0.211. The van der Waals surface area contributed by atoms with Gasteiger partial charge in [0.05, 0.1) is 10.3 Å². The van der Waals surface area contributed by atoms with Gasteiger partial charge >= 0.3 is 0 Å². The molecule has 2 aromatic heterocycles. The van der Waals surface area contributed by atoms with Crippen molar-refractivity contribution in [3.8, 4) is 11.9 Å². The number of aromatic nitrogens is 3. The highest BCUT2D eigenvalue weighted by molar-refractivity contribution is 7.90. The van der Waals surface area contributed by atoms with Crippen molar-refractivity contribution in [3.05, 3.63) is 78.8 Å². The Kier molecular flexibility index (Phi) is 6.88. The van der Waals surface area contributed by atoms with Gasteiger partial charge in [-0.25, -0.2) is 22.4 Å². The third-order valence-corrected chi connectivity index (χ3v) is 8.12. The number of aliphatic imine (C=N–C) groups is 1. The van der Waals surface area contributed by atoms with Crippen molar-refractivity contribution in [1.82, 2.24) is 13.9 Å². The van der Waals surface area contributed by atoms with Crippen LogP contribution in [0.1, 0.15) is 24.8 Å². The van der Waals surface area contributed by atoms with E-state index in [9.17, 15) is 8.42 Å². The van der Waals surface area contributed by atoms with E-state index in [0.29, 0.717) is 41.5 Å². The molecule has 4 aromatic rings. The maximum absolute atomic E-state index is 13.3. The molecule has 10 heteroatoms. The Bertz CT molecular complexity index is 1570. The molecule has 1 saturated heterocycles. The van der Waals surface area contributed by atoms with E-state index in [0.717, 1.165) is 24.9 Å². The van der Waals surface area contributed by atoms with Crippen LogP contribution in [0.25, 0.3) is 11.0 Å². The fraction of sp³-hybridized carbons (Fsp3) is 0.259. The number of aryl methyl sites for hydroxylation is 1. The molecule has 0 N–H and O–H groups in total. The Morgan fingerprint density at radius 1 is 1.14 bits per heavy atom. The van der Waals surface area contributed by atoms with Crippen LogP contribution < -0.4 is 9.64 Å². The lowest BCUT2D eigenvalue weighted by Gasteiger charge is -2.33. The summed E-state index contributed by atoms with van der Waals surface area (Å²) in [4.78, 5) is 15.1. The first-order chi connectivity index (χ1) is 18.0. The molecule has 3 heterocycles. The molecule has 0 radical (unpaired) electrons. The van der Waals surface area contributed by atoms with Gasteiger partial charge in [0.1, 0.15) is 17.9 Å². The number of nitriles is 1. The van der Waals surface area contributed by atoms with E-state index in [1.54, 1.807) is 30.3 Å². The molecule has 5 rings (SSSR count). The molecule has 2 aromatic carbocycles. The molecular weight excluding hydrogens is 488 g/mol. The van der Waals surface area contributed by atoms with E-state index in [-0.39, 0.29) is 10.8 Å². The van der Waals surface area contributed by atoms with Gasteiger partial charge in [0.15, 0.2) is 5.65 Å². The Morgan fingerprint density at radius 2 is 1.92 bits per heavy atom. The minimum absolute atomic E-state index is 0.188. The molecule has 0 saturated carbocycles. The number of anilines is 1. The molecule has 0 spiro atoms. The van der Waals surface area contributed by atoms with Crippen molar-refractivity contribution in [1.29, 1.82) is 5.26 Å². The van der Waals surface area contributed by atoms with Gasteiger partial charge in [0.25, 0.3) is 10.0 Å².